The number of benzene rings is 1. The standard InChI is InChI=1S/C17H17ClN4O2S/c1-10-7-13-15(20-10)16(24)22(2)17(21-13)25-9-14(23)19-8-11-5-3-4-6-12(11)18/h3-7,20H,8-9H2,1-2H3,(H,19,23). The van der Waals surface area contributed by atoms with E-state index >= 15 is 0 Å². The molecule has 130 valence electrons. The number of H-pyrrole nitrogens is 1. The van der Waals surface area contributed by atoms with Crippen LogP contribution in [0.2, 0.25) is 5.02 Å². The van der Waals surface area contributed by atoms with E-state index in [9.17, 15) is 9.59 Å². The Balaban J connectivity index is 1.66. The zero-order chi connectivity index (χ0) is 18.0. The Bertz CT molecular complexity index is 996. The molecule has 1 amide bonds. The number of carbonyl (C=O) groups excluding carboxylic acids is 1. The van der Waals surface area contributed by atoms with Gasteiger partial charge in [0.25, 0.3) is 5.56 Å². The average Bonchev–Trinajstić information content (AvgIpc) is 2.96. The van der Waals surface area contributed by atoms with Crippen molar-refractivity contribution in [2.45, 2.75) is 18.6 Å². The van der Waals surface area contributed by atoms with E-state index in [0.29, 0.717) is 27.8 Å². The number of nitrogens with zero attached hydrogens (tertiary/aromatic N) is 2. The molecule has 0 aliphatic heterocycles. The molecule has 0 saturated heterocycles. The molecule has 0 unspecified atom stereocenters. The van der Waals surface area contributed by atoms with E-state index in [-0.39, 0.29) is 17.2 Å². The second kappa shape index (κ2) is 7.33. The average molecular weight is 377 g/mol. The second-order valence-electron chi connectivity index (χ2n) is 5.63. The van der Waals surface area contributed by atoms with E-state index in [2.05, 4.69) is 15.3 Å². The minimum absolute atomic E-state index is 0.149. The van der Waals surface area contributed by atoms with Crippen molar-refractivity contribution in [2.24, 2.45) is 7.05 Å². The van der Waals surface area contributed by atoms with Crippen LogP contribution in [-0.4, -0.2) is 26.2 Å². The van der Waals surface area contributed by atoms with Gasteiger partial charge in [-0.05, 0) is 24.6 Å². The Kier molecular flexibility index (Phi) is 5.15. The lowest BCUT2D eigenvalue weighted by Crippen LogP contribution is -2.26. The van der Waals surface area contributed by atoms with Gasteiger partial charge in [0.2, 0.25) is 5.91 Å². The Morgan fingerprint density at radius 3 is 2.92 bits per heavy atom. The van der Waals surface area contributed by atoms with Gasteiger partial charge in [0.1, 0.15) is 5.52 Å². The third kappa shape index (κ3) is 3.88. The zero-order valence-electron chi connectivity index (χ0n) is 13.8. The number of aryl methyl sites for hydroxylation is 1. The summed E-state index contributed by atoms with van der Waals surface area (Å²) >= 11 is 7.29. The maximum absolute atomic E-state index is 12.3. The molecule has 0 aliphatic rings. The molecule has 3 aromatic rings. The maximum atomic E-state index is 12.3. The number of hydrogen-bond donors (Lipinski definition) is 2. The molecule has 0 spiro atoms. The van der Waals surface area contributed by atoms with Crippen LogP contribution in [0, 0.1) is 6.92 Å². The summed E-state index contributed by atoms with van der Waals surface area (Å²) in [6.07, 6.45) is 0. The summed E-state index contributed by atoms with van der Waals surface area (Å²) in [5.41, 5.74) is 2.67. The Morgan fingerprint density at radius 1 is 1.40 bits per heavy atom. The molecule has 1 aromatic carbocycles. The van der Waals surface area contributed by atoms with Gasteiger partial charge in [0.05, 0.1) is 11.3 Å². The van der Waals surface area contributed by atoms with Crippen LogP contribution in [0.4, 0.5) is 0 Å². The fourth-order valence-electron chi connectivity index (χ4n) is 2.40. The number of amides is 1. The van der Waals surface area contributed by atoms with Gasteiger partial charge < -0.3 is 10.3 Å². The summed E-state index contributed by atoms with van der Waals surface area (Å²) in [4.78, 5) is 31.8. The fraction of sp³-hybridized carbons (Fsp3) is 0.235. The summed E-state index contributed by atoms with van der Waals surface area (Å²) in [7, 11) is 1.65. The van der Waals surface area contributed by atoms with Crippen LogP contribution in [0.5, 0.6) is 0 Å². The number of aromatic nitrogens is 3. The van der Waals surface area contributed by atoms with Crippen molar-refractivity contribution in [3.05, 3.63) is 57.0 Å². The fourth-order valence-corrected chi connectivity index (χ4v) is 3.41. The number of nitrogens with one attached hydrogen (secondary N) is 2. The van der Waals surface area contributed by atoms with Gasteiger partial charge in [0.15, 0.2) is 5.16 Å². The van der Waals surface area contributed by atoms with Crippen LogP contribution in [-0.2, 0) is 18.4 Å². The molecule has 0 bridgehead atoms. The summed E-state index contributed by atoms with van der Waals surface area (Å²) in [6.45, 7) is 2.23. The lowest BCUT2D eigenvalue weighted by Gasteiger charge is -2.08. The minimum Gasteiger partial charge on any atom is -0.353 e. The maximum Gasteiger partial charge on any atom is 0.278 e. The topological polar surface area (TPSA) is 79.8 Å². The number of rotatable bonds is 5. The van der Waals surface area contributed by atoms with E-state index in [1.54, 1.807) is 13.1 Å². The van der Waals surface area contributed by atoms with Gasteiger partial charge in [-0.2, -0.15) is 0 Å². The third-order valence-corrected chi connectivity index (χ3v) is 5.12. The van der Waals surface area contributed by atoms with Gasteiger partial charge in [-0.15, -0.1) is 0 Å². The van der Waals surface area contributed by atoms with Gasteiger partial charge in [0, 0.05) is 24.3 Å². The number of thioether (sulfide) groups is 1. The van der Waals surface area contributed by atoms with Crippen molar-refractivity contribution in [1.29, 1.82) is 0 Å². The first-order valence-corrected chi connectivity index (χ1v) is 9.01. The van der Waals surface area contributed by atoms with Crippen LogP contribution in [0.3, 0.4) is 0 Å². The number of fused-ring (bicyclic) bond motifs is 1. The van der Waals surface area contributed by atoms with E-state index < -0.39 is 0 Å². The highest BCUT2D eigenvalue weighted by Crippen LogP contribution is 2.18. The molecule has 0 atom stereocenters. The molecule has 8 heteroatoms. The first kappa shape index (κ1) is 17.6. The van der Waals surface area contributed by atoms with Crippen molar-refractivity contribution in [2.75, 3.05) is 5.75 Å². The van der Waals surface area contributed by atoms with Crippen LogP contribution in [0.15, 0.2) is 40.3 Å². The predicted molar refractivity (Wildman–Crippen MR) is 100 cm³/mol. The van der Waals surface area contributed by atoms with Gasteiger partial charge in [-0.25, -0.2) is 4.98 Å². The number of halogens is 1. The smallest absolute Gasteiger partial charge is 0.278 e. The lowest BCUT2D eigenvalue weighted by atomic mass is 10.2. The molecule has 3 rings (SSSR count). The summed E-state index contributed by atoms with van der Waals surface area (Å²) in [5, 5.41) is 3.94. The Hall–Kier alpha value is -2.25. The Labute approximate surface area is 153 Å². The summed E-state index contributed by atoms with van der Waals surface area (Å²) in [5.74, 6) is 0.0177. The quantitative estimate of drug-likeness (QED) is 0.530. The molecule has 0 fully saturated rings. The molecule has 2 N–H and O–H groups in total. The van der Waals surface area contributed by atoms with Gasteiger partial charge in [-0.1, -0.05) is 41.6 Å². The highest BCUT2D eigenvalue weighted by molar-refractivity contribution is 7.99. The van der Waals surface area contributed by atoms with Crippen molar-refractivity contribution < 1.29 is 4.79 Å². The van der Waals surface area contributed by atoms with Gasteiger partial charge >= 0.3 is 0 Å². The number of carbonyl (C=O) groups is 1. The molecule has 0 aliphatic carbocycles. The van der Waals surface area contributed by atoms with E-state index in [4.69, 9.17) is 11.6 Å². The molecular weight excluding hydrogens is 360 g/mol. The van der Waals surface area contributed by atoms with Crippen LogP contribution >= 0.6 is 23.4 Å². The molecule has 2 heterocycles. The van der Waals surface area contributed by atoms with Crippen molar-refractivity contribution in [3.8, 4) is 0 Å². The highest BCUT2D eigenvalue weighted by atomic mass is 35.5. The third-order valence-electron chi connectivity index (χ3n) is 3.72. The van der Waals surface area contributed by atoms with E-state index in [0.717, 1.165) is 11.3 Å². The molecule has 25 heavy (non-hydrogen) atoms. The molecule has 2 aromatic heterocycles. The summed E-state index contributed by atoms with van der Waals surface area (Å²) < 4.78 is 1.45. The molecular formula is C17H17ClN4O2S. The number of hydrogen-bond acceptors (Lipinski definition) is 4. The predicted octanol–water partition coefficient (Wildman–Crippen LogP) is 2.63. The van der Waals surface area contributed by atoms with E-state index in [1.165, 1.54) is 16.3 Å². The molecule has 6 nitrogen and oxygen atoms in total. The molecule has 0 saturated carbocycles. The van der Waals surface area contributed by atoms with Crippen LogP contribution < -0.4 is 10.9 Å². The SMILES string of the molecule is Cc1cc2nc(SCC(=O)NCc3ccccc3Cl)n(C)c(=O)c2[nH]1. The monoisotopic (exact) mass is 376 g/mol. The largest absolute Gasteiger partial charge is 0.353 e. The van der Waals surface area contributed by atoms with Crippen molar-refractivity contribution in [1.82, 2.24) is 19.9 Å². The van der Waals surface area contributed by atoms with Crippen molar-refractivity contribution >= 4 is 40.3 Å². The molecule has 0 radical (unpaired) electrons. The van der Waals surface area contributed by atoms with Crippen LogP contribution in [0.1, 0.15) is 11.3 Å². The van der Waals surface area contributed by atoms with Crippen LogP contribution in [0.25, 0.3) is 11.0 Å². The second-order valence-corrected chi connectivity index (χ2v) is 6.98. The van der Waals surface area contributed by atoms with Gasteiger partial charge in [-0.3, -0.25) is 14.2 Å². The first-order valence-electron chi connectivity index (χ1n) is 7.65. The normalized spacial score (nSPS) is 11.0. The Morgan fingerprint density at radius 2 is 2.16 bits per heavy atom. The minimum atomic E-state index is -0.155. The van der Waals surface area contributed by atoms with E-state index in [1.807, 2.05) is 31.2 Å². The number of aromatic amines is 1. The zero-order valence-corrected chi connectivity index (χ0v) is 15.4. The van der Waals surface area contributed by atoms with Crippen molar-refractivity contribution in [3.63, 3.8) is 0 Å². The summed E-state index contributed by atoms with van der Waals surface area (Å²) in [6, 6.07) is 9.18. The lowest BCUT2D eigenvalue weighted by molar-refractivity contribution is -0.118. The first-order chi connectivity index (χ1) is 12.0. The highest BCUT2D eigenvalue weighted by Gasteiger charge is 2.12.